The lowest BCUT2D eigenvalue weighted by Gasteiger charge is -2.20. The molecule has 340 valence electrons. The molecule has 9 heteroatoms. The summed E-state index contributed by atoms with van der Waals surface area (Å²) in [6.07, 6.45) is 51.0. The van der Waals surface area contributed by atoms with E-state index in [1.165, 1.54) is 186 Å². The zero-order valence-corrected chi connectivity index (χ0v) is 38.7. The lowest BCUT2D eigenvalue weighted by atomic mass is 10.0. The number of rotatable bonds is 48. The third-order valence-electron chi connectivity index (χ3n) is 10.9. The summed E-state index contributed by atoms with van der Waals surface area (Å²) in [5.74, 6) is -0.333. The van der Waals surface area contributed by atoms with E-state index in [9.17, 15) is 14.3 Å². The molecule has 0 fully saturated rings. The molecule has 0 saturated heterocycles. The minimum absolute atomic E-state index is 0.0935. The minimum atomic E-state index is -4.28. The van der Waals surface area contributed by atoms with Gasteiger partial charge >= 0.3 is 13.8 Å². The molecular weight excluding hydrogens is 734 g/mol. The Morgan fingerprint density at radius 1 is 0.509 bits per heavy atom. The Labute approximate surface area is 354 Å². The molecule has 0 rings (SSSR count). The van der Waals surface area contributed by atoms with Gasteiger partial charge in [-0.25, -0.2) is 4.57 Å². The van der Waals surface area contributed by atoms with E-state index < -0.39 is 13.9 Å². The molecule has 0 aromatic carbocycles. The summed E-state index contributed by atoms with van der Waals surface area (Å²) in [5, 5.41) is 0. The maximum atomic E-state index is 12.6. The van der Waals surface area contributed by atoms with Crippen LogP contribution in [0.25, 0.3) is 0 Å². The van der Waals surface area contributed by atoms with Crippen LogP contribution < -0.4 is 5.73 Å². The molecule has 0 heterocycles. The van der Waals surface area contributed by atoms with Crippen molar-refractivity contribution in [3.05, 3.63) is 12.2 Å². The summed E-state index contributed by atoms with van der Waals surface area (Å²) in [6.45, 7) is 4.96. The number of phosphoric ester groups is 1. The number of phosphoric acid groups is 1. The zero-order valence-electron chi connectivity index (χ0n) is 37.9. The topological polar surface area (TPSA) is 117 Å². The third-order valence-corrected chi connectivity index (χ3v) is 11.9. The number of carbonyl (C=O) groups is 1. The van der Waals surface area contributed by atoms with Gasteiger partial charge in [-0.15, -0.1) is 0 Å². The Balaban J connectivity index is 3.89. The Kier molecular flexibility index (Phi) is 45.7. The van der Waals surface area contributed by atoms with Gasteiger partial charge in [-0.1, -0.05) is 219 Å². The molecule has 0 spiro atoms. The molecule has 0 amide bonds. The Morgan fingerprint density at radius 2 is 0.877 bits per heavy atom. The van der Waals surface area contributed by atoms with Gasteiger partial charge in [-0.3, -0.25) is 13.8 Å². The van der Waals surface area contributed by atoms with Gasteiger partial charge < -0.3 is 20.1 Å². The highest BCUT2D eigenvalue weighted by molar-refractivity contribution is 7.47. The van der Waals surface area contributed by atoms with Crippen molar-refractivity contribution in [1.82, 2.24) is 0 Å². The van der Waals surface area contributed by atoms with Gasteiger partial charge in [0.2, 0.25) is 0 Å². The summed E-state index contributed by atoms with van der Waals surface area (Å²) < 4.78 is 33.5. The van der Waals surface area contributed by atoms with E-state index in [1.54, 1.807) is 0 Å². The van der Waals surface area contributed by atoms with Gasteiger partial charge in [0.15, 0.2) is 0 Å². The molecule has 0 aromatic rings. The Morgan fingerprint density at radius 3 is 1.28 bits per heavy atom. The van der Waals surface area contributed by atoms with Gasteiger partial charge in [-0.05, 0) is 38.5 Å². The second-order valence-corrected chi connectivity index (χ2v) is 18.1. The molecule has 0 aliphatic rings. The molecule has 0 aliphatic heterocycles. The van der Waals surface area contributed by atoms with Crippen molar-refractivity contribution in [3.8, 4) is 0 Å². The van der Waals surface area contributed by atoms with Gasteiger partial charge in [-0.2, -0.15) is 0 Å². The van der Waals surface area contributed by atoms with Crippen molar-refractivity contribution in [1.29, 1.82) is 0 Å². The molecule has 0 aliphatic carbocycles. The maximum Gasteiger partial charge on any atom is 0.472 e. The number of hydrogen-bond donors (Lipinski definition) is 2. The number of ether oxygens (including phenoxy) is 2. The fraction of sp³-hybridized carbons (Fsp3) is 0.938. The van der Waals surface area contributed by atoms with E-state index in [-0.39, 0.29) is 32.3 Å². The smallest absolute Gasteiger partial charge is 0.457 e. The highest BCUT2D eigenvalue weighted by Crippen LogP contribution is 2.43. The molecule has 2 atom stereocenters. The minimum Gasteiger partial charge on any atom is -0.457 e. The predicted octanol–water partition coefficient (Wildman–Crippen LogP) is 15.0. The van der Waals surface area contributed by atoms with Crippen LogP contribution in [0, 0.1) is 0 Å². The molecule has 0 radical (unpaired) electrons. The first-order valence-electron chi connectivity index (χ1n) is 24.7. The molecule has 0 saturated carbocycles. The van der Waals surface area contributed by atoms with Crippen molar-refractivity contribution in [2.45, 2.75) is 258 Å². The van der Waals surface area contributed by atoms with Crippen LogP contribution in [-0.4, -0.2) is 49.9 Å². The largest absolute Gasteiger partial charge is 0.472 e. The van der Waals surface area contributed by atoms with Gasteiger partial charge in [0.05, 0.1) is 19.8 Å². The van der Waals surface area contributed by atoms with Crippen LogP contribution in [0.3, 0.4) is 0 Å². The first-order chi connectivity index (χ1) is 27.9. The van der Waals surface area contributed by atoms with E-state index in [1.807, 2.05) is 0 Å². The van der Waals surface area contributed by atoms with Crippen LogP contribution >= 0.6 is 7.82 Å². The van der Waals surface area contributed by atoms with E-state index >= 15 is 0 Å². The van der Waals surface area contributed by atoms with Crippen molar-refractivity contribution in [2.24, 2.45) is 5.73 Å². The molecule has 8 nitrogen and oxygen atoms in total. The van der Waals surface area contributed by atoms with Crippen LogP contribution in [0.4, 0.5) is 0 Å². The fourth-order valence-electron chi connectivity index (χ4n) is 7.29. The summed E-state index contributed by atoms with van der Waals surface area (Å²) in [6, 6.07) is 0. The fourth-order valence-corrected chi connectivity index (χ4v) is 8.05. The molecule has 0 bridgehead atoms. The van der Waals surface area contributed by atoms with Crippen molar-refractivity contribution in [3.63, 3.8) is 0 Å². The first kappa shape index (κ1) is 56.2. The van der Waals surface area contributed by atoms with Crippen LogP contribution in [0.15, 0.2) is 12.2 Å². The van der Waals surface area contributed by atoms with Crippen molar-refractivity contribution < 1.29 is 32.8 Å². The summed E-state index contributed by atoms with van der Waals surface area (Å²) >= 11 is 0. The van der Waals surface area contributed by atoms with Crippen LogP contribution in [-0.2, 0) is 27.9 Å². The predicted molar refractivity (Wildman–Crippen MR) is 243 cm³/mol. The Hall–Kier alpha value is -0.760. The third kappa shape index (κ3) is 46.2. The number of esters is 1. The van der Waals surface area contributed by atoms with Gasteiger partial charge in [0, 0.05) is 19.6 Å². The highest BCUT2D eigenvalue weighted by Gasteiger charge is 2.25. The van der Waals surface area contributed by atoms with Crippen LogP contribution in [0.5, 0.6) is 0 Å². The highest BCUT2D eigenvalue weighted by atomic mass is 31.2. The molecule has 2 unspecified atom stereocenters. The van der Waals surface area contributed by atoms with Crippen molar-refractivity contribution in [2.75, 3.05) is 33.0 Å². The monoisotopic (exact) mass is 830 g/mol. The lowest BCUT2D eigenvalue weighted by Crippen LogP contribution is -2.28. The number of allylic oxidation sites excluding steroid dienone is 2. The van der Waals surface area contributed by atoms with E-state index in [0.717, 1.165) is 44.9 Å². The molecule has 57 heavy (non-hydrogen) atoms. The number of hydrogen-bond acceptors (Lipinski definition) is 7. The second kappa shape index (κ2) is 46.3. The molecule has 3 N–H and O–H groups in total. The normalized spacial score (nSPS) is 13.4. The molecular formula is C48H96NO7P. The average molecular weight is 830 g/mol. The summed E-state index contributed by atoms with van der Waals surface area (Å²) in [7, 11) is -4.28. The van der Waals surface area contributed by atoms with Gasteiger partial charge in [0.25, 0.3) is 0 Å². The number of unbranched alkanes of at least 4 members (excludes halogenated alkanes) is 33. The first-order valence-corrected chi connectivity index (χ1v) is 26.2. The van der Waals surface area contributed by atoms with Crippen molar-refractivity contribution >= 4 is 13.8 Å². The number of nitrogens with two attached hydrogens (primary N) is 1. The van der Waals surface area contributed by atoms with Gasteiger partial charge in [0.1, 0.15) is 6.10 Å². The number of carbonyl (C=O) groups excluding carboxylic acids is 1. The second-order valence-electron chi connectivity index (χ2n) is 16.7. The maximum absolute atomic E-state index is 12.6. The van der Waals surface area contributed by atoms with E-state index in [4.69, 9.17) is 24.3 Å². The quantitative estimate of drug-likeness (QED) is 0.0269. The standard InChI is InChI=1S/C48H96NO7P/c1-3-5-7-9-11-13-15-17-19-20-21-22-23-24-25-26-28-30-32-34-36-38-40-43-53-45-47(46-55-57(51,52)54-44-42-49)56-48(50)41-39-37-35-33-31-29-27-18-16-14-12-10-8-6-4-2/h18,27,47H,3-17,19-26,28-46,49H2,1-2H3,(H,51,52)/b27-18-. The van der Waals surface area contributed by atoms with Crippen LogP contribution in [0.2, 0.25) is 0 Å². The average Bonchev–Trinajstić information content (AvgIpc) is 3.20. The Bertz CT molecular complexity index is 889. The molecule has 0 aromatic heterocycles. The summed E-state index contributed by atoms with van der Waals surface area (Å²) in [4.78, 5) is 22.5. The SMILES string of the molecule is CCCCCCCC/C=C\CCCCCCCC(=O)OC(COCCCCCCCCCCCCCCCCCCCCCCCCC)COP(=O)(O)OCCN. The lowest BCUT2D eigenvalue weighted by molar-refractivity contribution is -0.154. The van der Waals surface area contributed by atoms with E-state index in [2.05, 4.69) is 26.0 Å². The van der Waals surface area contributed by atoms with E-state index in [0.29, 0.717) is 13.0 Å². The summed E-state index contributed by atoms with van der Waals surface area (Å²) in [5.41, 5.74) is 5.38. The zero-order chi connectivity index (χ0) is 41.6. The van der Waals surface area contributed by atoms with Crippen LogP contribution in [0.1, 0.15) is 251 Å².